The minimum Gasteiger partial charge on any atom is -0.249 e. The second-order valence-electron chi connectivity index (χ2n) is 4.63. The summed E-state index contributed by atoms with van der Waals surface area (Å²) in [6.45, 7) is 2.07. The summed E-state index contributed by atoms with van der Waals surface area (Å²) >= 11 is 1.92. The van der Waals surface area contributed by atoms with Crippen LogP contribution in [-0.2, 0) is 0 Å². The van der Waals surface area contributed by atoms with Gasteiger partial charge in [-0.2, -0.15) is 0 Å². The van der Waals surface area contributed by atoms with Crippen molar-refractivity contribution in [3.05, 3.63) is 30.0 Å². The molecule has 0 spiro atoms. The first-order valence-electron chi connectivity index (χ1n) is 6.23. The van der Waals surface area contributed by atoms with E-state index in [1.165, 1.54) is 25.7 Å². The molecule has 1 aliphatic carbocycles. The van der Waals surface area contributed by atoms with Crippen LogP contribution in [0.3, 0.4) is 0 Å². The van der Waals surface area contributed by atoms with Gasteiger partial charge in [0.25, 0.3) is 0 Å². The fourth-order valence-corrected chi connectivity index (χ4v) is 3.60. The molecule has 0 atom stereocenters. The van der Waals surface area contributed by atoms with Crippen LogP contribution in [-0.4, -0.2) is 15.2 Å². The summed E-state index contributed by atoms with van der Waals surface area (Å²) in [5.74, 6) is 0. The molecule has 1 aromatic carbocycles. The predicted octanol–water partition coefficient (Wildman–Crippen LogP) is 3.97. The van der Waals surface area contributed by atoms with Gasteiger partial charge in [0.1, 0.15) is 5.03 Å². The van der Waals surface area contributed by atoms with Crippen LogP contribution in [0.15, 0.2) is 29.3 Å². The van der Waals surface area contributed by atoms with Crippen LogP contribution in [0.5, 0.6) is 0 Å². The molecule has 3 rings (SSSR count). The van der Waals surface area contributed by atoms with Crippen LogP contribution in [0.2, 0.25) is 0 Å². The summed E-state index contributed by atoms with van der Waals surface area (Å²) in [5, 5.41) is 1.87. The summed E-state index contributed by atoms with van der Waals surface area (Å²) in [6, 6.07) is 8.11. The van der Waals surface area contributed by atoms with Crippen molar-refractivity contribution in [3.8, 4) is 0 Å². The summed E-state index contributed by atoms with van der Waals surface area (Å²) in [5.41, 5.74) is 3.08. The van der Waals surface area contributed by atoms with E-state index < -0.39 is 0 Å². The van der Waals surface area contributed by atoms with Gasteiger partial charge in [-0.3, -0.25) is 0 Å². The van der Waals surface area contributed by atoms with Gasteiger partial charge in [-0.15, -0.1) is 11.8 Å². The Labute approximate surface area is 106 Å². The van der Waals surface area contributed by atoms with E-state index in [0.717, 1.165) is 27.0 Å². The van der Waals surface area contributed by atoms with E-state index in [9.17, 15) is 0 Å². The topological polar surface area (TPSA) is 25.8 Å². The Morgan fingerprint density at radius 3 is 2.41 bits per heavy atom. The Balaban J connectivity index is 1.95. The van der Waals surface area contributed by atoms with Crippen LogP contribution >= 0.6 is 11.8 Å². The highest BCUT2D eigenvalue weighted by Crippen LogP contribution is 2.35. The SMILES string of the molecule is Cc1nc2ccccc2nc1SC1CCCC1. The molecule has 1 aliphatic rings. The van der Waals surface area contributed by atoms with E-state index in [1.54, 1.807) is 0 Å². The van der Waals surface area contributed by atoms with Crippen molar-refractivity contribution >= 4 is 22.8 Å². The van der Waals surface area contributed by atoms with Crippen molar-refractivity contribution in [1.82, 2.24) is 9.97 Å². The van der Waals surface area contributed by atoms with Gasteiger partial charge in [-0.05, 0) is 31.9 Å². The molecule has 3 heteroatoms. The maximum absolute atomic E-state index is 4.74. The molecule has 17 heavy (non-hydrogen) atoms. The molecule has 0 radical (unpaired) electrons. The van der Waals surface area contributed by atoms with Gasteiger partial charge in [-0.25, -0.2) is 9.97 Å². The molecular weight excluding hydrogens is 228 g/mol. The second kappa shape index (κ2) is 4.65. The quantitative estimate of drug-likeness (QED) is 0.799. The van der Waals surface area contributed by atoms with Crippen molar-refractivity contribution in [2.45, 2.75) is 42.9 Å². The summed E-state index contributed by atoms with van der Waals surface area (Å²) in [7, 11) is 0. The molecule has 0 unspecified atom stereocenters. The molecule has 88 valence electrons. The van der Waals surface area contributed by atoms with Crippen LogP contribution in [0.1, 0.15) is 31.4 Å². The molecule has 0 aliphatic heterocycles. The Kier molecular flexibility index (Phi) is 3.02. The Morgan fingerprint density at radius 1 is 1.06 bits per heavy atom. The van der Waals surface area contributed by atoms with Gasteiger partial charge < -0.3 is 0 Å². The number of benzene rings is 1. The van der Waals surface area contributed by atoms with Crippen LogP contribution < -0.4 is 0 Å². The summed E-state index contributed by atoms with van der Waals surface area (Å²) < 4.78 is 0. The largest absolute Gasteiger partial charge is 0.249 e. The Morgan fingerprint density at radius 2 is 1.71 bits per heavy atom. The first-order chi connectivity index (χ1) is 8.33. The van der Waals surface area contributed by atoms with E-state index in [4.69, 9.17) is 4.98 Å². The molecule has 1 aromatic heterocycles. The number of fused-ring (bicyclic) bond motifs is 1. The third-order valence-corrected chi connectivity index (χ3v) is 4.70. The van der Waals surface area contributed by atoms with Crippen molar-refractivity contribution in [2.24, 2.45) is 0 Å². The number of rotatable bonds is 2. The number of aromatic nitrogens is 2. The summed E-state index contributed by atoms with van der Waals surface area (Å²) in [6.07, 6.45) is 5.41. The lowest BCUT2D eigenvalue weighted by Gasteiger charge is -2.10. The van der Waals surface area contributed by atoms with Gasteiger partial charge in [0.15, 0.2) is 0 Å². The molecule has 1 saturated carbocycles. The molecule has 0 saturated heterocycles. The fraction of sp³-hybridized carbons (Fsp3) is 0.429. The Hall–Kier alpha value is -1.09. The lowest BCUT2D eigenvalue weighted by Crippen LogP contribution is -1.99. The van der Waals surface area contributed by atoms with Gasteiger partial charge in [0.2, 0.25) is 0 Å². The van der Waals surface area contributed by atoms with Gasteiger partial charge in [0, 0.05) is 5.25 Å². The monoisotopic (exact) mass is 244 g/mol. The molecule has 1 fully saturated rings. The van der Waals surface area contributed by atoms with E-state index >= 15 is 0 Å². The molecule has 0 amide bonds. The van der Waals surface area contributed by atoms with Crippen LogP contribution in [0, 0.1) is 6.92 Å². The molecule has 2 aromatic rings. The number of para-hydroxylation sites is 2. The molecule has 2 nitrogen and oxygen atoms in total. The fourth-order valence-electron chi connectivity index (χ4n) is 2.35. The van der Waals surface area contributed by atoms with Gasteiger partial charge in [-0.1, -0.05) is 25.0 Å². The maximum atomic E-state index is 4.74. The second-order valence-corrected chi connectivity index (χ2v) is 5.92. The highest BCUT2D eigenvalue weighted by molar-refractivity contribution is 7.99. The smallest absolute Gasteiger partial charge is 0.118 e. The lowest BCUT2D eigenvalue weighted by molar-refractivity contribution is 0.886. The highest BCUT2D eigenvalue weighted by atomic mass is 32.2. The minimum atomic E-state index is 0.754. The number of nitrogens with zero attached hydrogens (tertiary/aromatic N) is 2. The van der Waals surface area contributed by atoms with E-state index in [2.05, 4.69) is 11.9 Å². The number of thioether (sulfide) groups is 1. The van der Waals surface area contributed by atoms with Crippen molar-refractivity contribution in [2.75, 3.05) is 0 Å². The highest BCUT2D eigenvalue weighted by Gasteiger charge is 2.18. The van der Waals surface area contributed by atoms with Crippen molar-refractivity contribution in [3.63, 3.8) is 0 Å². The van der Waals surface area contributed by atoms with Gasteiger partial charge in [0.05, 0.1) is 16.7 Å². The first kappa shape index (κ1) is 11.0. The van der Waals surface area contributed by atoms with E-state index in [0.29, 0.717) is 0 Å². The third kappa shape index (κ3) is 2.29. The third-order valence-electron chi connectivity index (χ3n) is 3.28. The first-order valence-corrected chi connectivity index (χ1v) is 7.11. The zero-order valence-corrected chi connectivity index (χ0v) is 10.8. The van der Waals surface area contributed by atoms with E-state index in [1.807, 2.05) is 36.0 Å². The van der Waals surface area contributed by atoms with Crippen molar-refractivity contribution in [1.29, 1.82) is 0 Å². The molecular formula is C14H16N2S. The average molecular weight is 244 g/mol. The predicted molar refractivity (Wildman–Crippen MR) is 72.4 cm³/mol. The normalized spacial score (nSPS) is 16.8. The molecule has 1 heterocycles. The number of aryl methyl sites for hydroxylation is 1. The van der Waals surface area contributed by atoms with Crippen LogP contribution in [0.4, 0.5) is 0 Å². The van der Waals surface area contributed by atoms with E-state index in [-0.39, 0.29) is 0 Å². The zero-order valence-electron chi connectivity index (χ0n) is 10.0. The van der Waals surface area contributed by atoms with Gasteiger partial charge >= 0.3 is 0 Å². The Bertz CT molecular complexity index is 533. The minimum absolute atomic E-state index is 0.754. The zero-order chi connectivity index (χ0) is 11.7. The standard InChI is InChI=1S/C14H16N2S/c1-10-14(17-11-6-2-3-7-11)16-13-9-5-4-8-12(13)15-10/h4-5,8-9,11H,2-3,6-7H2,1H3. The molecule has 0 bridgehead atoms. The maximum Gasteiger partial charge on any atom is 0.118 e. The average Bonchev–Trinajstić information content (AvgIpc) is 2.83. The lowest BCUT2D eigenvalue weighted by atomic mass is 10.3. The number of hydrogen-bond donors (Lipinski definition) is 0. The number of hydrogen-bond acceptors (Lipinski definition) is 3. The van der Waals surface area contributed by atoms with Crippen molar-refractivity contribution < 1.29 is 0 Å². The van der Waals surface area contributed by atoms with Crippen LogP contribution in [0.25, 0.3) is 11.0 Å². The summed E-state index contributed by atoms with van der Waals surface area (Å²) in [4.78, 5) is 9.37. The molecule has 0 N–H and O–H groups in total.